The summed E-state index contributed by atoms with van der Waals surface area (Å²) < 4.78 is 22.1. The number of rotatable bonds is 8. The molecule has 1 atom stereocenters. The number of hydrogen-bond donors (Lipinski definition) is 0. The molecule has 0 saturated carbocycles. The number of methoxy groups -OCH3 is 3. The monoisotopic (exact) mass is 503 g/mol. The molecule has 1 aromatic heterocycles. The Morgan fingerprint density at radius 2 is 1.71 bits per heavy atom. The fourth-order valence-electron chi connectivity index (χ4n) is 4.54. The number of ether oxygens (including phenoxy) is 4. The number of benzene rings is 1. The summed E-state index contributed by atoms with van der Waals surface area (Å²) in [4.78, 5) is 33.0. The van der Waals surface area contributed by atoms with Crippen LogP contribution in [-0.4, -0.2) is 106 Å². The molecule has 35 heavy (non-hydrogen) atoms. The van der Waals surface area contributed by atoms with E-state index in [0.29, 0.717) is 62.0 Å². The number of morpholine rings is 1. The molecular weight excluding hydrogens is 470 g/mol. The molecule has 2 fully saturated rings. The highest BCUT2D eigenvalue weighted by Gasteiger charge is 2.29. The van der Waals surface area contributed by atoms with Crippen molar-refractivity contribution in [3.63, 3.8) is 0 Å². The first-order chi connectivity index (χ1) is 17.0. The molecule has 0 N–H and O–H groups in total. The molecule has 2 aliphatic rings. The van der Waals surface area contributed by atoms with Crippen LogP contribution in [0.4, 0.5) is 0 Å². The molecular formula is C25H33N3O6S. The van der Waals surface area contributed by atoms with Crippen molar-refractivity contribution in [3.05, 3.63) is 40.1 Å². The van der Waals surface area contributed by atoms with Crippen molar-refractivity contribution >= 4 is 23.2 Å². The zero-order chi connectivity index (χ0) is 24.8. The molecule has 2 aliphatic heterocycles. The van der Waals surface area contributed by atoms with Crippen LogP contribution in [0, 0.1) is 0 Å². The molecule has 10 heteroatoms. The summed E-state index contributed by atoms with van der Waals surface area (Å²) in [6.45, 7) is 5.27. The van der Waals surface area contributed by atoms with E-state index in [1.54, 1.807) is 23.5 Å². The zero-order valence-corrected chi connectivity index (χ0v) is 21.3. The van der Waals surface area contributed by atoms with Gasteiger partial charge >= 0.3 is 0 Å². The van der Waals surface area contributed by atoms with Gasteiger partial charge in [0.2, 0.25) is 11.7 Å². The van der Waals surface area contributed by atoms with Gasteiger partial charge < -0.3 is 28.7 Å². The van der Waals surface area contributed by atoms with Gasteiger partial charge in [-0.1, -0.05) is 6.07 Å². The fraction of sp³-hybridized carbons (Fsp3) is 0.520. The lowest BCUT2D eigenvalue weighted by atomic mass is 10.1. The van der Waals surface area contributed by atoms with E-state index >= 15 is 0 Å². The van der Waals surface area contributed by atoms with Crippen molar-refractivity contribution < 1.29 is 28.5 Å². The van der Waals surface area contributed by atoms with Gasteiger partial charge in [0.05, 0.1) is 40.5 Å². The number of hydrogen-bond acceptors (Lipinski definition) is 8. The van der Waals surface area contributed by atoms with Gasteiger partial charge in [0, 0.05) is 56.3 Å². The Kier molecular flexibility index (Phi) is 8.48. The molecule has 0 spiro atoms. The summed E-state index contributed by atoms with van der Waals surface area (Å²) in [5.41, 5.74) is 0.503. The first-order valence-corrected chi connectivity index (χ1v) is 12.6. The first kappa shape index (κ1) is 25.3. The quantitative estimate of drug-likeness (QED) is 0.545. The topological polar surface area (TPSA) is 80.8 Å². The number of nitrogens with zero attached hydrogens (tertiary/aromatic N) is 3. The minimum absolute atomic E-state index is 0.0200. The van der Waals surface area contributed by atoms with Crippen LogP contribution < -0.4 is 14.2 Å². The Bertz CT molecular complexity index is 982. The molecule has 0 aliphatic carbocycles. The van der Waals surface area contributed by atoms with Gasteiger partial charge in [0.25, 0.3) is 5.91 Å². The van der Waals surface area contributed by atoms with E-state index in [1.807, 2.05) is 27.3 Å². The molecule has 2 aromatic rings. The molecule has 9 nitrogen and oxygen atoms in total. The van der Waals surface area contributed by atoms with Gasteiger partial charge in [0.1, 0.15) is 0 Å². The molecule has 1 aromatic carbocycles. The highest BCUT2D eigenvalue weighted by atomic mass is 32.1. The van der Waals surface area contributed by atoms with Gasteiger partial charge in [-0.15, -0.1) is 11.3 Å². The van der Waals surface area contributed by atoms with Crippen LogP contribution in [0.1, 0.15) is 15.2 Å². The van der Waals surface area contributed by atoms with Crippen LogP contribution in [0.2, 0.25) is 0 Å². The molecule has 1 unspecified atom stereocenters. The van der Waals surface area contributed by atoms with Crippen LogP contribution in [0.15, 0.2) is 29.6 Å². The standard InChI is InChI=1S/C25H33N3O6S/c1-31-21-13-18(14-22(32-2)24(21)33-3)25(30)27-8-6-26(7-9-27)16-19-17-28(10-11-34-19)23(29)15-20-5-4-12-35-20/h4-5,12-14,19H,6-11,15-17H2,1-3H3. The Hall–Kier alpha value is -2.82. The molecule has 190 valence electrons. The summed E-state index contributed by atoms with van der Waals surface area (Å²) >= 11 is 1.61. The van der Waals surface area contributed by atoms with Crippen molar-refractivity contribution in [1.29, 1.82) is 0 Å². The van der Waals surface area contributed by atoms with Crippen molar-refractivity contribution in [1.82, 2.24) is 14.7 Å². The molecule has 2 saturated heterocycles. The van der Waals surface area contributed by atoms with E-state index in [0.717, 1.165) is 24.5 Å². The van der Waals surface area contributed by atoms with Gasteiger partial charge in [-0.05, 0) is 23.6 Å². The summed E-state index contributed by atoms with van der Waals surface area (Å²) in [5, 5.41) is 2.00. The molecule has 4 rings (SSSR count). The molecule has 3 heterocycles. The second kappa shape index (κ2) is 11.7. The highest BCUT2D eigenvalue weighted by molar-refractivity contribution is 7.10. The average Bonchev–Trinajstić information content (AvgIpc) is 3.41. The number of carbonyl (C=O) groups excluding carboxylic acids is 2. The Morgan fingerprint density at radius 1 is 1.00 bits per heavy atom. The summed E-state index contributed by atoms with van der Waals surface area (Å²) in [5.74, 6) is 1.47. The Labute approximate surface area is 210 Å². The molecule has 2 amide bonds. The molecule has 0 radical (unpaired) electrons. The van der Waals surface area contributed by atoms with Crippen LogP contribution in [0.3, 0.4) is 0 Å². The van der Waals surface area contributed by atoms with Crippen LogP contribution in [0.25, 0.3) is 0 Å². The lowest BCUT2D eigenvalue weighted by Crippen LogP contribution is -2.54. The Balaban J connectivity index is 1.29. The fourth-order valence-corrected chi connectivity index (χ4v) is 5.23. The van der Waals surface area contributed by atoms with Crippen LogP contribution in [-0.2, 0) is 16.0 Å². The van der Waals surface area contributed by atoms with Crippen molar-refractivity contribution in [2.24, 2.45) is 0 Å². The smallest absolute Gasteiger partial charge is 0.254 e. The van der Waals surface area contributed by atoms with Crippen molar-refractivity contribution in [2.75, 3.05) is 73.7 Å². The maximum atomic E-state index is 13.2. The second-order valence-corrected chi connectivity index (χ2v) is 9.63. The van der Waals surface area contributed by atoms with E-state index in [2.05, 4.69) is 4.90 Å². The summed E-state index contributed by atoms with van der Waals surface area (Å²) in [6.07, 6.45) is 0.430. The lowest BCUT2D eigenvalue weighted by molar-refractivity contribution is -0.138. The van der Waals surface area contributed by atoms with E-state index in [-0.39, 0.29) is 17.9 Å². The Morgan fingerprint density at radius 3 is 2.31 bits per heavy atom. The zero-order valence-electron chi connectivity index (χ0n) is 20.5. The van der Waals surface area contributed by atoms with E-state index in [9.17, 15) is 9.59 Å². The predicted octanol–water partition coefficient (Wildman–Crippen LogP) is 2.00. The van der Waals surface area contributed by atoms with Crippen LogP contribution >= 0.6 is 11.3 Å². The van der Waals surface area contributed by atoms with Gasteiger partial charge in [0.15, 0.2) is 11.5 Å². The number of thiophene rings is 1. The highest BCUT2D eigenvalue weighted by Crippen LogP contribution is 2.38. The third-order valence-corrected chi connectivity index (χ3v) is 7.31. The minimum atomic E-state index is -0.0665. The number of carbonyl (C=O) groups is 2. The van der Waals surface area contributed by atoms with Gasteiger partial charge in [-0.2, -0.15) is 0 Å². The summed E-state index contributed by atoms with van der Waals surface area (Å²) in [6, 6.07) is 7.35. The largest absolute Gasteiger partial charge is 0.493 e. The summed E-state index contributed by atoms with van der Waals surface area (Å²) in [7, 11) is 4.61. The first-order valence-electron chi connectivity index (χ1n) is 11.8. The second-order valence-electron chi connectivity index (χ2n) is 8.60. The normalized spacial score (nSPS) is 18.9. The van der Waals surface area contributed by atoms with E-state index in [1.165, 1.54) is 21.3 Å². The van der Waals surface area contributed by atoms with Crippen molar-refractivity contribution in [2.45, 2.75) is 12.5 Å². The number of amides is 2. The predicted molar refractivity (Wildman–Crippen MR) is 133 cm³/mol. The van der Waals surface area contributed by atoms with Crippen molar-refractivity contribution in [3.8, 4) is 17.2 Å². The SMILES string of the molecule is COc1cc(C(=O)N2CCN(CC3CN(C(=O)Cc4cccs4)CCO3)CC2)cc(OC)c1OC. The van der Waals surface area contributed by atoms with Crippen LogP contribution in [0.5, 0.6) is 17.2 Å². The van der Waals surface area contributed by atoms with E-state index < -0.39 is 0 Å². The van der Waals surface area contributed by atoms with E-state index in [4.69, 9.17) is 18.9 Å². The average molecular weight is 504 g/mol. The number of piperazine rings is 1. The minimum Gasteiger partial charge on any atom is -0.493 e. The van der Waals surface area contributed by atoms with Gasteiger partial charge in [-0.25, -0.2) is 0 Å². The third-order valence-electron chi connectivity index (χ3n) is 6.43. The van der Waals surface area contributed by atoms with Gasteiger partial charge in [-0.3, -0.25) is 14.5 Å². The molecule has 0 bridgehead atoms. The lowest BCUT2D eigenvalue weighted by Gasteiger charge is -2.39. The maximum absolute atomic E-state index is 13.2. The maximum Gasteiger partial charge on any atom is 0.254 e. The third kappa shape index (κ3) is 6.06.